The third kappa shape index (κ3) is 7.43. The van der Waals surface area contributed by atoms with Gasteiger partial charge in [0.25, 0.3) is 0 Å². The van der Waals surface area contributed by atoms with Gasteiger partial charge in [0.15, 0.2) is 0 Å². The number of rotatable bonds is 4. The molecule has 0 N–H and O–H groups in total. The van der Waals surface area contributed by atoms with E-state index in [0.29, 0.717) is 20.9 Å². The number of halogens is 6. The average Bonchev–Trinajstić information content (AvgIpc) is 2.86. The normalized spacial score (nSPS) is 11.9. The standard InChI is InChI=1S/C17H14F6.C14H14O2S.2CH4/c1-11-3-7-13(8-4-11)15(16(18,19)20,17(21,22)23)14-9-5-12(2)6-10-14;1-11-3-7-13(8-4-11)17(15,16)14-9-5-12(2)6-10-14;;/h3-10H,1-2H3;3-10H,1-2H3;2*1H4. The second kappa shape index (κ2) is 13.6. The lowest BCUT2D eigenvalue weighted by molar-refractivity contribution is -0.288. The molecule has 0 saturated heterocycles. The minimum atomic E-state index is -5.53. The number of sulfone groups is 1. The van der Waals surface area contributed by atoms with Crippen LogP contribution in [0.5, 0.6) is 0 Å². The lowest BCUT2D eigenvalue weighted by atomic mass is 9.72. The second-order valence-corrected chi connectivity index (χ2v) is 11.6. The maximum absolute atomic E-state index is 13.7. The fourth-order valence-electron chi connectivity index (χ4n) is 4.16. The molecule has 2 nitrogen and oxygen atoms in total. The average molecular weight is 611 g/mol. The van der Waals surface area contributed by atoms with Crippen molar-refractivity contribution in [1.82, 2.24) is 0 Å². The predicted octanol–water partition coefficient (Wildman–Crippen LogP) is 10.1. The summed E-state index contributed by atoms with van der Waals surface area (Å²) in [6, 6.07) is 22.3. The van der Waals surface area contributed by atoms with Gasteiger partial charge in [0.2, 0.25) is 15.3 Å². The zero-order chi connectivity index (χ0) is 29.9. The van der Waals surface area contributed by atoms with Gasteiger partial charge < -0.3 is 0 Å². The van der Waals surface area contributed by atoms with Crippen LogP contribution >= 0.6 is 0 Å². The number of hydrogen-bond acceptors (Lipinski definition) is 2. The summed E-state index contributed by atoms with van der Waals surface area (Å²) in [5.74, 6) is 0. The van der Waals surface area contributed by atoms with E-state index in [-0.39, 0.29) is 14.9 Å². The van der Waals surface area contributed by atoms with Crippen molar-refractivity contribution in [2.75, 3.05) is 0 Å². The molecular formula is C33H36F6O2S. The van der Waals surface area contributed by atoms with Crippen LogP contribution in [0.1, 0.15) is 48.2 Å². The minimum Gasteiger partial charge on any atom is -0.219 e. The van der Waals surface area contributed by atoms with Crippen molar-refractivity contribution < 1.29 is 34.8 Å². The van der Waals surface area contributed by atoms with Gasteiger partial charge in [-0.3, -0.25) is 0 Å². The summed E-state index contributed by atoms with van der Waals surface area (Å²) in [5.41, 5.74) is -2.48. The van der Waals surface area contributed by atoms with Gasteiger partial charge in [-0.2, -0.15) is 26.3 Å². The van der Waals surface area contributed by atoms with Gasteiger partial charge in [-0.25, -0.2) is 8.42 Å². The quantitative estimate of drug-likeness (QED) is 0.216. The Labute approximate surface area is 245 Å². The summed E-state index contributed by atoms with van der Waals surface area (Å²) in [5, 5.41) is 0. The lowest BCUT2D eigenvalue weighted by Gasteiger charge is -2.38. The van der Waals surface area contributed by atoms with Crippen molar-refractivity contribution >= 4 is 9.84 Å². The van der Waals surface area contributed by atoms with Crippen LogP contribution in [0, 0.1) is 27.7 Å². The van der Waals surface area contributed by atoms with Crippen LogP contribution in [0.15, 0.2) is 107 Å². The smallest absolute Gasteiger partial charge is 0.219 e. The summed E-state index contributed by atoms with van der Waals surface area (Å²) in [4.78, 5) is 0.680. The largest absolute Gasteiger partial charge is 0.411 e. The molecule has 228 valence electrons. The Morgan fingerprint density at radius 1 is 0.429 bits per heavy atom. The SMILES string of the molecule is C.C.Cc1ccc(C(c2ccc(C)cc2)(C(F)(F)F)C(F)(F)F)cc1.Cc1ccc(S(=O)(=O)c2ccc(C)cc2)cc1. The molecule has 0 aromatic heterocycles. The molecule has 4 aromatic carbocycles. The summed E-state index contributed by atoms with van der Waals surface area (Å²) >= 11 is 0. The van der Waals surface area contributed by atoms with Gasteiger partial charge in [0.1, 0.15) is 0 Å². The Hall–Kier alpha value is -3.59. The van der Waals surface area contributed by atoms with Crippen molar-refractivity contribution in [3.05, 3.63) is 130 Å². The number of alkyl halides is 6. The molecule has 0 saturated carbocycles. The van der Waals surface area contributed by atoms with Crippen molar-refractivity contribution in [2.45, 2.75) is 70.1 Å². The molecule has 4 aromatic rings. The lowest BCUT2D eigenvalue weighted by Crippen LogP contribution is -2.54. The monoisotopic (exact) mass is 610 g/mol. The Morgan fingerprint density at radius 3 is 0.857 bits per heavy atom. The van der Waals surface area contributed by atoms with E-state index >= 15 is 0 Å². The predicted molar refractivity (Wildman–Crippen MR) is 157 cm³/mol. The first-order valence-electron chi connectivity index (χ1n) is 12.2. The van der Waals surface area contributed by atoms with Crippen molar-refractivity contribution in [1.29, 1.82) is 0 Å². The van der Waals surface area contributed by atoms with Crippen LogP contribution in [0.3, 0.4) is 0 Å². The van der Waals surface area contributed by atoms with E-state index in [4.69, 9.17) is 0 Å². The van der Waals surface area contributed by atoms with Crippen LogP contribution in [-0.4, -0.2) is 20.8 Å². The molecule has 0 heterocycles. The molecule has 4 rings (SSSR count). The fourth-order valence-corrected chi connectivity index (χ4v) is 5.42. The number of benzene rings is 4. The maximum atomic E-state index is 13.7. The van der Waals surface area contributed by atoms with E-state index in [0.717, 1.165) is 35.4 Å². The fraction of sp³-hybridized carbons (Fsp3) is 0.273. The van der Waals surface area contributed by atoms with Crippen LogP contribution in [-0.2, 0) is 15.3 Å². The van der Waals surface area contributed by atoms with Gasteiger partial charge in [0, 0.05) is 0 Å². The zero-order valence-electron chi connectivity index (χ0n) is 22.2. The molecule has 42 heavy (non-hydrogen) atoms. The summed E-state index contributed by atoms with van der Waals surface area (Å²) in [6.07, 6.45) is -11.1. The molecule has 0 atom stereocenters. The minimum absolute atomic E-state index is 0. The molecular weight excluding hydrogens is 574 g/mol. The molecule has 0 bridgehead atoms. The highest BCUT2D eigenvalue weighted by molar-refractivity contribution is 7.91. The highest BCUT2D eigenvalue weighted by atomic mass is 32.2. The van der Waals surface area contributed by atoms with E-state index in [9.17, 15) is 34.8 Å². The Morgan fingerprint density at radius 2 is 0.643 bits per heavy atom. The highest BCUT2D eigenvalue weighted by Crippen LogP contribution is 2.56. The van der Waals surface area contributed by atoms with Crippen molar-refractivity contribution in [3.63, 3.8) is 0 Å². The first kappa shape index (κ1) is 36.4. The molecule has 0 unspecified atom stereocenters. The van der Waals surface area contributed by atoms with Crippen LogP contribution in [0.2, 0.25) is 0 Å². The van der Waals surface area contributed by atoms with Gasteiger partial charge >= 0.3 is 12.4 Å². The van der Waals surface area contributed by atoms with Crippen LogP contribution < -0.4 is 0 Å². The van der Waals surface area contributed by atoms with Crippen LogP contribution in [0.4, 0.5) is 26.3 Å². The topological polar surface area (TPSA) is 34.1 Å². The molecule has 9 heteroatoms. The first-order valence-corrected chi connectivity index (χ1v) is 13.6. The summed E-state index contributed by atoms with van der Waals surface area (Å²) in [7, 11) is -3.37. The molecule has 0 spiro atoms. The number of hydrogen-bond donors (Lipinski definition) is 0. The van der Waals surface area contributed by atoms with Crippen molar-refractivity contribution in [2.24, 2.45) is 0 Å². The van der Waals surface area contributed by atoms with E-state index in [1.807, 2.05) is 13.8 Å². The van der Waals surface area contributed by atoms with E-state index in [1.54, 1.807) is 62.4 Å². The molecule has 0 radical (unpaired) electrons. The van der Waals surface area contributed by atoms with Crippen molar-refractivity contribution in [3.8, 4) is 0 Å². The Balaban J connectivity index is 0.000000416. The van der Waals surface area contributed by atoms with E-state index < -0.39 is 38.7 Å². The first-order chi connectivity index (χ1) is 18.5. The van der Waals surface area contributed by atoms with Gasteiger partial charge in [-0.15, -0.1) is 0 Å². The van der Waals surface area contributed by atoms with Gasteiger partial charge in [0.05, 0.1) is 9.79 Å². The Bertz CT molecular complexity index is 1410. The van der Waals surface area contributed by atoms with Gasteiger partial charge in [-0.1, -0.05) is 110 Å². The second-order valence-electron chi connectivity index (χ2n) is 9.61. The third-order valence-electron chi connectivity index (χ3n) is 6.48. The molecule has 0 aliphatic heterocycles. The molecule has 0 aliphatic carbocycles. The number of aryl methyl sites for hydroxylation is 4. The van der Waals surface area contributed by atoms with Crippen LogP contribution in [0.25, 0.3) is 0 Å². The summed E-state index contributed by atoms with van der Waals surface area (Å²) < 4.78 is 107. The summed E-state index contributed by atoms with van der Waals surface area (Å²) in [6.45, 7) is 7.06. The molecule has 0 aliphatic rings. The maximum Gasteiger partial charge on any atom is 0.411 e. The molecule has 0 amide bonds. The Kier molecular flexibility index (Phi) is 11.8. The molecule has 0 fully saturated rings. The highest BCUT2D eigenvalue weighted by Gasteiger charge is 2.72. The zero-order valence-corrected chi connectivity index (χ0v) is 23.0. The van der Waals surface area contributed by atoms with Gasteiger partial charge in [-0.05, 0) is 63.1 Å². The van der Waals surface area contributed by atoms with E-state index in [2.05, 4.69) is 0 Å². The van der Waals surface area contributed by atoms with E-state index in [1.165, 1.54) is 24.3 Å². The third-order valence-corrected chi connectivity index (χ3v) is 8.27.